The molecule has 3 heteroatoms. The zero-order chi connectivity index (χ0) is 11.4. The summed E-state index contributed by atoms with van der Waals surface area (Å²) in [6.45, 7) is 5.65. The summed E-state index contributed by atoms with van der Waals surface area (Å²) in [7, 11) is 0. The smallest absolute Gasteiger partial charge is 0.238 e. The van der Waals surface area contributed by atoms with Crippen molar-refractivity contribution in [2.45, 2.75) is 32.2 Å². The molecular formula is C12H16ClNO. The summed E-state index contributed by atoms with van der Waals surface area (Å²) < 4.78 is 0. The van der Waals surface area contributed by atoms with Crippen molar-refractivity contribution in [1.82, 2.24) is 5.32 Å². The van der Waals surface area contributed by atoms with E-state index >= 15 is 0 Å². The number of nitrogens with one attached hydrogen (secondary N) is 1. The zero-order valence-corrected chi connectivity index (χ0v) is 10.0. The van der Waals surface area contributed by atoms with Crippen LogP contribution in [-0.4, -0.2) is 11.3 Å². The quantitative estimate of drug-likeness (QED) is 0.788. The number of aryl methyl sites for hydroxylation is 1. The summed E-state index contributed by atoms with van der Waals surface area (Å²) in [6.07, 6.45) is 0. The molecule has 0 saturated heterocycles. The summed E-state index contributed by atoms with van der Waals surface area (Å²) >= 11 is 5.67. The summed E-state index contributed by atoms with van der Waals surface area (Å²) in [5, 5.41) is 2.36. The van der Waals surface area contributed by atoms with Crippen molar-refractivity contribution < 1.29 is 4.79 Å². The Balaban J connectivity index is 2.65. The number of carbonyl (C=O) groups excluding carboxylic acids is 1. The van der Waals surface area contributed by atoms with Gasteiger partial charge in [0.15, 0.2) is 0 Å². The van der Waals surface area contributed by atoms with Crippen LogP contribution >= 0.6 is 11.6 Å². The summed E-state index contributed by atoms with van der Waals surface area (Å²) in [6, 6.07) is 8.09. The van der Waals surface area contributed by atoms with Crippen molar-refractivity contribution in [3.8, 4) is 0 Å². The lowest BCUT2D eigenvalue weighted by atomic mass is 10.1. The Bertz CT molecular complexity index is 332. The molecule has 0 spiro atoms. The Morgan fingerprint density at radius 1 is 1.27 bits per heavy atom. The van der Waals surface area contributed by atoms with Crippen molar-refractivity contribution in [2.75, 3.05) is 0 Å². The number of rotatable bonds is 3. The summed E-state index contributed by atoms with van der Waals surface area (Å²) in [4.78, 5) is 11.4. The third-order valence-corrected chi connectivity index (χ3v) is 2.50. The standard InChI is InChI=1S/C12H16ClNO/c1-8-4-6-11(7-5-8)10(3)14-12(15)9(2)13/h4-7,9-10H,1-3H3,(H,14,15)/t9?,10-/m0/s1. The van der Waals surface area contributed by atoms with Crippen LogP contribution in [0.15, 0.2) is 24.3 Å². The van der Waals surface area contributed by atoms with E-state index in [2.05, 4.69) is 5.32 Å². The van der Waals surface area contributed by atoms with Crippen molar-refractivity contribution in [2.24, 2.45) is 0 Å². The molecule has 15 heavy (non-hydrogen) atoms. The van der Waals surface area contributed by atoms with Crippen LogP contribution in [-0.2, 0) is 4.79 Å². The second-order valence-corrected chi connectivity index (χ2v) is 4.41. The number of benzene rings is 1. The van der Waals surface area contributed by atoms with E-state index in [4.69, 9.17) is 11.6 Å². The number of halogens is 1. The fourth-order valence-corrected chi connectivity index (χ4v) is 1.33. The van der Waals surface area contributed by atoms with Crippen LogP contribution in [0.3, 0.4) is 0 Å². The van der Waals surface area contributed by atoms with Gasteiger partial charge in [-0.3, -0.25) is 4.79 Å². The molecule has 0 fully saturated rings. The molecule has 1 unspecified atom stereocenters. The fourth-order valence-electron chi connectivity index (χ4n) is 1.27. The largest absolute Gasteiger partial charge is 0.348 e. The van der Waals surface area contributed by atoms with E-state index in [1.807, 2.05) is 38.1 Å². The van der Waals surface area contributed by atoms with Gasteiger partial charge < -0.3 is 5.32 Å². The Morgan fingerprint density at radius 3 is 2.27 bits per heavy atom. The van der Waals surface area contributed by atoms with Crippen LogP contribution in [0.5, 0.6) is 0 Å². The van der Waals surface area contributed by atoms with Crippen LogP contribution in [0, 0.1) is 6.92 Å². The van der Waals surface area contributed by atoms with Gasteiger partial charge >= 0.3 is 0 Å². The highest BCUT2D eigenvalue weighted by Crippen LogP contribution is 2.13. The Hall–Kier alpha value is -1.02. The van der Waals surface area contributed by atoms with E-state index in [0.29, 0.717) is 0 Å². The SMILES string of the molecule is Cc1ccc([C@H](C)NC(=O)C(C)Cl)cc1. The maximum absolute atomic E-state index is 11.4. The monoisotopic (exact) mass is 225 g/mol. The van der Waals surface area contributed by atoms with Gasteiger partial charge in [-0.05, 0) is 26.3 Å². The Kier molecular flexibility index (Phi) is 4.15. The van der Waals surface area contributed by atoms with Gasteiger partial charge in [0, 0.05) is 0 Å². The molecule has 82 valence electrons. The highest BCUT2D eigenvalue weighted by Gasteiger charge is 2.13. The predicted octanol–water partition coefficient (Wildman–Crippen LogP) is 2.80. The molecule has 1 aromatic rings. The van der Waals surface area contributed by atoms with Crippen LogP contribution in [0.4, 0.5) is 0 Å². The van der Waals surface area contributed by atoms with Crippen molar-refractivity contribution >= 4 is 17.5 Å². The molecule has 0 aliphatic heterocycles. The van der Waals surface area contributed by atoms with Gasteiger partial charge in [0.2, 0.25) is 5.91 Å². The molecule has 0 aliphatic carbocycles. The molecule has 1 aromatic carbocycles. The molecule has 2 nitrogen and oxygen atoms in total. The molecule has 1 rings (SSSR count). The average molecular weight is 226 g/mol. The first-order valence-electron chi connectivity index (χ1n) is 5.01. The van der Waals surface area contributed by atoms with Gasteiger partial charge in [0.05, 0.1) is 6.04 Å². The van der Waals surface area contributed by atoms with Crippen molar-refractivity contribution in [3.05, 3.63) is 35.4 Å². The molecule has 0 heterocycles. The van der Waals surface area contributed by atoms with Gasteiger partial charge in [0.1, 0.15) is 5.38 Å². The predicted molar refractivity (Wildman–Crippen MR) is 63.1 cm³/mol. The zero-order valence-electron chi connectivity index (χ0n) is 9.25. The number of amides is 1. The van der Waals surface area contributed by atoms with Gasteiger partial charge in [-0.1, -0.05) is 29.8 Å². The van der Waals surface area contributed by atoms with Crippen molar-refractivity contribution in [3.63, 3.8) is 0 Å². The van der Waals surface area contributed by atoms with Gasteiger partial charge in [-0.2, -0.15) is 0 Å². The molecule has 2 atom stereocenters. The maximum Gasteiger partial charge on any atom is 0.238 e. The second-order valence-electron chi connectivity index (χ2n) is 3.76. The molecule has 0 bridgehead atoms. The minimum atomic E-state index is -0.488. The van der Waals surface area contributed by atoms with Gasteiger partial charge in [-0.25, -0.2) is 0 Å². The number of alkyl halides is 1. The lowest BCUT2D eigenvalue weighted by molar-refractivity contribution is -0.121. The first-order valence-corrected chi connectivity index (χ1v) is 5.45. The van der Waals surface area contributed by atoms with E-state index in [9.17, 15) is 4.79 Å². The van der Waals surface area contributed by atoms with E-state index in [-0.39, 0.29) is 11.9 Å². The minimum Gasteiger partial charge on any atom is -0.348 e. The molecule has 0 radical (unpaired) electrons. The summed E-state index contributed by atoms with van der Waals surface area (Å²) in [5.74, 6) is -0.134. The van der Waals surface area contributed by atoms with Gasteiger partial charge in [0.25, 0.3) is 0 Å². The lowest BCUT2D eigenvalue weighted by Crippen LogP contribution is -2.31. The topological polar surface area (TPSA) is 29.1 Å². The normalized spacial score (nSPS) is 14.4. The molecule has 1 amide bonds. The average Bonchev–Trinajstić information content (AvgIpc) is 2.18. The van der Waals surface area contributed by atoms with E-state index in [1.54, 1.807) is 6.92 Å². The van der Waals surface area contributed by atoms with E-state index in [0.717, 1.165) is 5.56 Å². The Labute approximate surface area is 95.6 Å². The number of carbonyl (C=O) groups is 1. The van der Waals surface area contributed by atoms with Crippen molar-refractivity contribution in [1.29, 1.82) is 0 Å². The number of hydrogen-bond acceptors (Lipinski definition) is 1. The molecule has 0 aliphatic rings. The second kappa shape index (κ2) is 5.17. The van der Waals surface area contributed by atoms with Crippen LogP contribution < -0.4 is 5.32 Å². The summed E-state index contributed by atoms with van der Waals surface area (Å²) in [5.41, 5.74) is 2.30. The van der Waals surface area contributed by atoms with Gasteiger partial charge in [-0.15, -0.1) is 11.6 Å². The third kappa shape index (κ3) is 3.56. The molecule has 0 aromatic heterocycles. The molecule has 1 N–H and O–H groups in total. The van der Waals surface area contributed by atoms with Crippen LogP contribution in [0.25, 0.3) is 0 Å². The fraction of sp³-hybridized carbons (Fsp3) is 0.417. The molecule has 0 saturated carbocycles. The maximum atomic E-state index is 11.4. The third-order valence-electron chi connectivity index (χ3n) is 2.30. The van der Waals surface area contributed by atoms with E-state index < -0.39 is 5.38 Å². The first-order chi connectivity index (χ1) is 7.00. The van der Waals surface area contributed by atoms with E-state index in [1.165, 1.54) is 5.56 Å². The van der Waals surface area contributed by atoms with Crippen LogP contribution in [0.2, 0.25) is 0 Å². The lowest BCUT2D eigenvalue weighted by Gasteiger charge is -2.15. The molecular weight excluding hydrogens is 210 g/mol. The highest BCUT2D eigenvalue weighted by molar-refractivity contribution is 6.30. The Morgan fingerprint density at radius 2 is 1.80 bits per heavy atom. The number of hydrogen-bond donors (Lipinski definition) is 1. The minimum absolute atomic E-state index is 0.000648. The first kappa shape index (κ1) is 12.1. The van der Waals surface area contributed by atoms with Crippen LogP contribution in [0.1, 0.15) is 31.0 Å². The highest BCUT2D eigenvalue weighted by atomic mass is 35.5.